The van der Waals surface area contributed by atoms with E-state index in [-0.39, 0.29) is 0 Å². The molecule has 2 rings (SSSR count). The minimum absolute atomic E-state index is 0.833. The number of hydrogen-bond acceptors (Lipinski definition) is 2. The van der Waals surface area contributed by atoms with Crippen molar-refractivity contribution in [3.63, 3.8) is 0 Å². The van der Waals surface area contributed by atoms with Crippen molar-refractivity contribution < 1.29 is 0 Å². The van der Waals surface area contributed by atoms with Gasteiger partial charge in [-0.15, -0.1) is 0 Å². The number of unbranched alkanes of at least 4 members (excludes halogenated alkanes) is 1. The fourth-order valence-corrected chi connectivity index (χ4v) is 2.34. The van der Waals surface area contributed by atoms with Crippen LogP contribution in [0, 0.1) is 0 Å². The molecule has 102 valence electrons. The van der Waals surface area contributed by atoms with Gasteiger partial charge in [0.1, 0.15) is 0 Å². The van der Waals surface area contributed by atoms with E-state index in [1.807, 2.05) is 30.3 Å². The number of hydrazone groups is 1. The standard InChI is InChI=1S/C15H21N3S/c1-3-4-11-17(2)15(19)18-12-10-14(16-18)13-8-6-5-7-9-13/h5-9H,3-4,10-12H2,1-2H3. The zero-order valence-corrected chi connectivity index (χ0v) is 12.5. The lowest BCUT2D eigenvalue weighted by Gasteiger charge is -2.24. The molecule has 0 saturated carbocycles. The Balaban J connectivity index is 2.00. The second kappa shape index (κ2) is 6.66. The van der Waals surface area contributed by atoms with Gasteiger partial charge in [0.2, 0.25) is 0 Å². The van der Waals surface area contributed by atoms with Crippen molar-refractivity contribution in [2.24, 2.45) is 5.10 Å². The molecule has 0 N–H and O–H groups in total. The van der Waals surface area contributed by atoms with Gasteiger partial charge in [-0.3, -0.25) is 0 Å². The van der Waals surface area contributed by atoms with Crippen molar-refractivity contribution in [2.45, 2.75) is 26.2 Å². The molecule has 0 amide bonds. The van der Waals surface area contributed by atoms with Crippen molar-refractivity contribution in [2.75, 3.05) is 20.1 Å². The van der Waals surface area contributed by atoms with Gasteiger partial charge in [-0.1, -0.05) is 43.7 Å². The summed E-state index contributed by atoms with van der Waals surface area (Å²) < 4.78 is 0. The maximum atomic E-state index is 5.50. The van der Waals surface area contributed by atoms with E-state index in [1.165, 1.54) is 18.4 Å². The summed E-state index contributed by atoms with van der Waals surface area (Å²) in [6, 6.07) is 10.3. The van der Waals surface area contributed by atoms with E-state index in [0.717, 1.165) is 30.3 Å². The first-order chi connectivity index (χ1) is 9.22. The van der Waals surface area contributed by atoms with Crippen LogP contribution < -0.4 is 0 Å². The molecule has 1 aliphatic rings. The van der Waals surface area contributed by atoms with Crippen LogP contribution in [0.4, 0.5) is 0 Å². The summed E-state index contributed by atoms with van der Waals surface area (Å²) in [5.74, 6) is 0. The van der Waals surface area contributed by atoms with Crippen LogP contribution in [-0.4, -0.2) is 40.9 Å². The maximum Gasteiger partial charge on any atom is 0.192 e. The summed E-state index contributed by atoms with van der Waals surface area (Å²) in [6.45, 7) is 4.08. The SMILES string of the molecule is CCCCN(C)C(=S)N1CCC(c2ccccc2)=N1. The third-order valence-corrected chi connectivity index (χ3v) is 3.83. The van der Waals surface area contributed by atoms with Crippen molar-refractivity contribution >= 4 is 23.0 Å². The van der Waals surface area contributed by atoms with Crippen LogP contribution in [0.15, 0.2) is 35.4 Å². The van der Waals surface area contributed by atoms with Crippen molar-refractivity contribution in [3.8, 4) is 0 Å². The lowest BCUT2D eigenvalue weighted by molar-refractivity contribution is 0.386. The van der Waals surface area contributed by atoms with E-state index < -0.39 is 0 Å². The molecule has 0 aromatic heterocycles. The fraction of sp³-hybridized carbons (Fsp3) is 0.467. The van der Waals surface area contributed by atoms with Gasteiger partial charge in [0.15, 0.2) is 5.11 Å². The number of hydrogen-bond donors (Lipinski definition) is 0. The van der Waals surface area contributed by atoms with Gasteiger partial charge in [0.25, 0.3) is 0 Å². The molecule has 0 radical (unpaired) electrons. The van der Waals surface area contributed by atoms with Crippen LogP contribution in [-0.2, 0) is 0 Å². The quantitative estimate of drug-likeness (QED) is 0.787. The summed E-state index contributed by atoms with van der Waals surface area (Å²) in [5, 5.41) is 7.44. The summed E-state index contributed by atoms with van der Waals surface area (Å²) >= 11 is 5.50. The Morgan fingerprint density at radius 3 is 2.79 bits per heavy atom. The molecule has 0 saturated heterocycles. The minimum atomic E-state index is 0.833. The first-order valence-corrected chi connectivity index (χ1v) is 7.28. The van der Waals surface area contributed by atoms with E-state index in [9.17, 15) is 0 Å². The van der Waals surface area contributed by atoms with Crippen molar-refractivity contribution in [3.05, 3.63) is 35.9 Å². The molecule has 1 aromatic rings. The van der Waals surface area contributed by atoms with Crippen LogP contribution in [0.25, 0.3) is 0 Å². The Bertz CT molecular complexity index is 456. The fourth-order valence-electron chi connectivity index (χ4n) is 2.12. The second-order valence-corrected chi connectivity index (χ2v) is 5.21. The minimum Gasteiger partial charge on any atom is -0.351 e. The Kier molecular flexibility index (Phi) is 4.91. The predicted molar refractivity (Wildman–Crippen MR) is 84.4 cm³/mol. The van der Waals surface area contributed by atoms with E-state index in [2.05, 4.69) is 29.1 Å². The molecule has 0 aliphatic carbocycles. The normalized spacial score (nSPS) is 14.4. The summed E-state index contributed by atoms with van der Waals surface area (Å²) in [7, 11) is 2.05. The highest BCUT2D eigenvalue weighted by molar-refractivity contribution is 7.80. The lowest BCUT2D eigenvalue weighted by atomic mass is 10.1. The molecule has 1 aliphatic heterocycles. The average molecular weight is 275 g/mol. The van der Waals surface area contributed by atoms with Crippen molar-refractivity contribution in [1.82, 2.24) is 9.91 Å². The molecule has 1 aromatic carbocycles. The van der Waals surface area contributed by atoms with Gasteiger partial charge in [-0.25, -0.2) is 5.01 Å². The van der Waals surface area contributed by atoms with Gasteiger partial charge in [0.05, 0.1) is 5.71 Å². The molecule has 0 bridgehead atoms. The Morgan fingerprint density at radius 2 is 2.11 bits per heavy atom. The van der Waals surface area contributed by atoms with Gasteiger partial charge < -0.3 is 4.90 Å². The molecular formula is C15H21N3S. The van der Waals surface area contributed by atoms with Gasteiger partial charge in [0, 0.05) is 26.6 Å². The first-order valence-electron chi connectivity index (χ1n) is 6.88. The Hall–Kier alpha value is -1.42. The monoisotopic (exact) mass is 275 g/mol. The lowest BCUT2D eigenvalue weighted by Crippen LogP contribution is -2.37. The van der Waals surface area contributed by atoms with Gasteiger partial charge in [-0.2, -0.15) is 5.10 Å². The third-order valence-electron chi connectivity index (χ3n) is 3.30. The Labute approximate surface area is 120 Å². The van der Waals surface area contributed by atoms with E-state index in [1.54, 1.807) is 0 Å². The summed E-state index contributed by atoms with van der Waals surface area (Å²) in [5.41, 5.74) is 2.33. The largest absolute Gasteiger partial charge is 0.351 e. The average Bonchev–Trinajstić information content (AvgIpc) is 2.94. The highest BCUT2D eigenvalue weighted by Crippen LogP contribution is 2.15. The van der Waals surface area contributed by atoms with Crippen molar-refractivity contribution in [1.29, 1.82) is 0 Å². The zero-order valence-electron chi connectivity index (χ0n) is 11.7. The number of benzene rings is 1. The molecule has 4 heteroatoms. The molecule has 1 heterocycles. The number of rotatable bonds is 4. The van der Waals surface area contributed by atoms with Crippen LogP contribution in [0.3, 0.4) is 0 Å². The highest BCUT2D eigenvalue weighted by atomic mass is 32.1. The van der Waals surface area contributed by atoms with E-state index >= 15 is 0 Å². The highest BCUT2D eigenvalue weighted by Gasteiger charge is 2.20. The molecule has 3 nitrogen and oxygen atoms in total. The molecule has 0 fully saturated rings. The topological polar surface area (TPSA) is 18.8 Å². The molecule has 0 atom stereocenters. The van der Waals surface area contributed by atoms with Crippen LogP contribution in [0.5, 0.6) is 0 Å². The van der Waals surface area contributed by atoms with Crippen LogP contribution >= 0.6 is 12.2 Å². The summed E-state index contributed by atoms with van der Waals surface area (Å²) in [4.78, 5) is 2.12. The number of thiocarbonyl (C=S) groups is 1. The molecule has 0 spiro atoms. The van der Waals surface area contributed by atoms with Crippen LogP contribution in [0.1, 0.15) is 31.7 Å². The third kappa shape index (κ3) is 3.53. The molecule has 19 heavy (non-hydrogen) atoms. The predicted octanol–water partition coefficient (Wildman–Crippen LogP) is 3.11. The number of nitrogens with zero attached hydrogens (tertiary/aromatic N) is 3. The van der Waals surface area contributed by atoms with Crippen LogP contribution in [0.2, 0.25) is 0 Å². The summed E-state index contributed by atoms with van der Waals surface area (Å²) in [6.07, 6.45) is 3.32. The molecule has 0 unspecified atom stereocenters. The second-order valence-electron chi connectivity index (χ2n) is 4.84. The zero-order chi connectivity index (χ0) is 13.7. The molecular weight excluding hydrogens is 254 g/mol. The van der Waals surface area contributed by atoms with E-state index in [4.69, 9.17) is 12.2 Å². The van der Waals surface area contributed by atoms with Gasteiger partial charge >= 0.3 is 0 Å². The van der Waals surface area contributed by atoms with E-state index in [0.29, 0.717) is 0 Å². The maximum absolute atomic E-state index is 5.50. The smallest absolute Gasteiger partial charge is 0.192 e. The first kappa shape index (κ1) is 14.0. The van der Waals surface area contributed by atoms with Gasteiger partial charge in [-0.05, 0) is 24.2 Å². The Morgan fingerprint density at radius 1 is 1.37 bits per heavy atom.